The van der Waals surface area contributed by atoms with Gasteiger partial charge in [0.15, 0.2) is 0 Å². The monoisotopic (exact) mass is 280 g/mol. The van der Waals surface area contributed by atoms with Gasteiger partial charge in [-0.1, -0.05) is 24.3 Å². The molecule has 0 radical (unpaired) electrons. The average molecular weight is 280 g/mol. The zero-order chi connectivity index (χ0) is 15.2. The molecule has 2 aromatic rings. The van der Waals surface area contributed by atoms with Crippen LogP contribution in [-0.4, -0.2) is 11.8 Å². The lowest BCUT2D eigenvalue weighted by Gasteiger charge is -2.03. The molecule has 0 saturated carbocycles. The first-order valence-corrected chi connectivity index (χ1v) is 6.51. The first-order chi connectivity index (χ1) is 10.1. The lowest BCUT2D eigenvalue weighted by Crippen LogP contribution is -2.11. The predicted octanol–water partition coefficient (Wildman–Crippen LogP) is 2.75. The molecule has 2 amide bonds. The van der Waals surface area contributed by atoms with Crippen molar-refractivity contribution in [1.29, 1.82) is 0 Å². The van der Waals surface area contributed by atoms with Crippen LogP contribution < -0.4 is 11.1 Å². The Morgan fingerprint density at radius 2 is 1.71 bits per heavy atom. The Kier molecular flexibility index (Phi) is 4.51. The highest BCUT2D eigenvalue weighted by Gasteiger charge is 2.01. The van der Waals surface area contributed by atoms with Gasteiger partial charge in [0, 0.05) is 17.3 Å². The van der Waals surface area contributed by atoms with Gasteiger partial charge in [0.25, 0.3) is 0 Å². The molecule has 0 aliphatic rings. The fraction of sp³-hybridized carbons (Fsp3) is 0.0588. The van der Waals surface area contributed by atoms with Crippen molar-refractivity contribution in [3.63, 3.8) is 0 Å². The van der Waals surface area contributed by atoms with Gasteiger partial charge in [-0.25, -0.2) is 0 Å². The van der Waals surface area contributed by atoms with E-state index in [-0.39, 0.29) is 5.91 Å². The summed E-state index contributed by atoms with van der Waals surface area (Å²) in [5.74, 6) is -0.725. The van der Waals surface area contributed by atoms with Crippen molar-refractivity contribution in [3.8, 4) is 0 Å². The molecule has 0 unspecified atom stereocenters. The largest absolute Gasteiger partial charge is 0.366 e. The van der Waals surface area contributed by atoms with Gasteiger partial charge in [0.05, 0.1) is 0 Å². The maximum absolute atomic E-state index is 11.8. The second kappa shape index (κ2) is 6.52. The van der Waals surface area contributed by atoms with E-state index in [9.17, 15) is 9.59 Å². The summed E-state index contributed by atoms with van der Waals surface area (Å²) in [4.78, 5) is 22.8. The van der Waals surface area contributed by atoms with Crippen molar-refractivity contribution < 1.29 is 9.59 Å². The second-order valence-corrected chi connectivity index (χ2v) is 4.62. The maximum Gasteiger partial charge on any atom is 0.248 e. The number of primary amides is 1. The van der Waals surface area contributed by atoms with Crippen molar-refractivity contribution >= 4 is 23.6 Å². The fourth-order valence-electron chi connectivity index (χ4n) is 1.84. The molecule has 0 atom stereocenters. The normalized spacial score (nSPS) is 10.5. The van der Waals surface area contributed by atoms with Crippen molar-refractivity contribution in [2.75, 3.05) is 5.32 Å². The fourth-order valence-corrected chi connectivity index (χ4v) is 1.84. The summed E-state index contributed by atoms with van der Waals surface area (Å²) in [7, 11) is 0. The van der Waals surface area contributed by atoms with Gasteiger partial charge in [0.1, 0.15) is 0 Å². The van der Waals surface area contributed by atoms with Gasteiger partial charge in [-0.2, -0.15) is 0 Å². The summed E-state index contributed by atoms with van der Waals surface area (Å²) in [6, 6.07) is 14.2. The van der Waals surface area contributed by atoms with Gasteiger partial charge in [-0.15, -0.1) is 0 Å². The van der Waals surface area contributed by atoms with Crippen LogP contribution in [0.4, 0.5) is 5.69 Å². The summed E-state index contributed by atoms with van der Waals surface area (Å²) < 4.78 is 0. The molecule has 0 spiro atoms. The van der Waals surface area contributed by atoms with Crippen LogP contribution >= 0.6 is 0 Å². The molecule has 0 bridgehead atoms. The summed E-state index contributed by atoms with van der Waals surface area (Å²) in [6.07, 6.45) is 3.24. The van der Waals surface area contributed by atoms with Crippen LogP contribution in [0.3, 0.4) is 0 Å². The lowest BCUT2D eigenvalue weighted by atomic mass is 10.1. The van der Waals surface area contributed by atoms with Crippen molar-refractivity contribution in [3.05, 3.63) is 71.3 Å². The van der Waals surface area contributed by atoms with E-state index in [0.29, 0.717) is 11.3 Å². The Labute approximate surface area is 123 Å². The third kappa shape index (κ3) is 4.04. The molecule has 0 heterocycles. The molecular formula is C17H16N2O2. The number of benzene rings is 2. The van der Waals surface area contributed by atoms with E-state index in [1.54, 1.807) is 30.3 Å². The standard InChI is InChI=1S/C17H16N2O2/c1-12-4-2-3-5-13(12)8-11-16(20)19-15-9-6-14(7-10-15)17(18)21/h2-11H,1H3,(H2,18,21)(H,19,20)/b11-8-. The molecule has 0 aliphatic carbocycles. The number of carbonyl (C=O) groups excluding carboxylic acids is 2. The molecule has 0 aliphatic heterocycles. The Balaban J connectivity index is 2.02. The molecule has 0 saturated heterocycles. The minimum atomic E-state index is -0.493. The number of hydrogen-bond acceptors (Lipinski definition) is 2. The van der Waals surface area contributed by atoms with Gasteiger partial charge in [0.2, 0.25) is 11.8 Å². The summed E-state index contributed by atoms with van der Waals surface area (Å²) in [6.45, 7) is 1.99. The minimum Gasteiger partial charge on any atom is -0.366 e. The Morgan fingerprint density at radius 1 is 1.05 bits per heavy atom. The number of amides is 2. The SMILES string of the molecule is Cc1ccccc1/C=C\C(=O)Nc1ccc(C(N)=O)cc1. The van der Waals surface area contributed by atoms with Crippen molar-refractivity contribution in [2.45, 2.75) is 6.92 Å². The smallest absolute Gasteiger partial charge is 0.248 e. The molecule has 0 fully saturated rings. The Hall–Kier alpha value is -2.88. The van der Waals surface area contributed by atoms with E-state index in [2.05, 4.69) is 5.32 Å². The van der Waals surface area contributed by atoms with Gasteiger partial charge >= 0.3 is 0 Å². The van der Waals surface area contributed by atoms with Crippen LogP contribution in [0.1, 0.15) is 21.5 Å². The van der Waals surface area contributed by atoms with E-state index in [1.807, 2.05) is 31.2 Å². The van der Waals surface area contributed by atoms with Crippen LogP contribution in [0.15, 0.2) is 54.6 Å². The van der Waals surface area contributed by atoms with E-state index in [0.717, 1.165) is 11.1 Å². The quantitative estimate of drug-likeness (QED) is 0.845. The van der Waals surface area contributed by atoms with Crippen molar-refractivity contribution in [2.24, 2.45) is 5.73 Å². The summed E-state index contributed by atoms with van der Waals surface area (Å²) >= 11 is 0. The third-order valence-electron chi connectivity index (χ3n) is 3.04. The van der Waals surface area contributed by atoms with E-state index in [4.69, 9.17) is 5.73 Å². The first-order valence-electron chi connectivity index (χ1n) is 6.51. The average Bonchev–Trinajstić information content (AvgIpc) is 2.47. The van der Waals surface area contributed by atoms with Crippen LogP contribution in [0.25, 0.3) is 6.08 Å². The molecule has 3 N–H and O–H groups in total. The maximum atomic E-state index is 11.8. The van der Waals surface area contributed by atoms with Gasteiger partial charge < -0.3 is 11.1 Å². The number of aryl methyl sites for hydroxylation is 1. The van der Waals surface area contributed by atoms with Crippen LogP contribution in [0.5, 0.6) is 0 Å². The molecule has 2 rings (SSSR count). The van der Waals surface area contributed by atoms with Crippen molar-refractivity contribution in [1.82, 2.24) is 0 Å². The lowest BCUT2D eigenvalue weighted by molar-refractivity contribution is -0.111. The number of nitrogens with one attached hydrogen (secondary N) is 1. The molecule has 0 aromatic heterocycles. The third-order valence-corrected chi connectivity index (χ3v) is 3.04. The number of carbonyl (C=O) groups is 2. The van der Waals surface area contributed by atoms with E-state index < -0.39 is 5.91 Å². The Bertz CT molecular complexity index is 688. The molecule has 4 nitrogen and oxygen atoms in total. The van der Waals surface area contributed by atoms with Gasteiger partial charge in [-0.05, 0) is 48.4 Å². The molecular weight excluding hydrogens is 264 g/mol. The molecule has 106 valence electrons. The second-order valence-electron chi connectivity index (χ2n) is 4.62. The highest BCUT2D eigenvalue weighted by atomic mass is 16.1. The van der Waals surface area contributed by atoms with Gasteiger partial charge in [-0.3, -0.25) is 9.59 Å². The number of hydrogen-bond donors (Lipinski definition) is 2. The number of anilines is 1. The number of rotatable bonds is 4. The molecule has 2 aromatic carbocycles. The van der Waals surface area contributed by atoms with E-state index >= 15 is 0 Å². The predicted molar refractivity (Wildman–Crippen MR) is 83.8 cm³/mol. The summed E-state index contributed by atoms with van der Waals surface area (Å²) in [5, 5.41) is 2.72. The van der Waals surface area contributed by atoms with Crippen LogP contribution in [0, 0.1) is 6.92 Å². The van der Waals surface area contributed by atoms with Crippen LogP contribution in [-0.2, 0) is 4.79 Å². The molecule has 21 heavy (non-hydrogen) atoms. The summed E-state index contributed by atoms with van der Waals surface area (Å²) in [5.41, 5.74) is 8.27. The Morgan fingerprint density at radius 3 is 2.33 bits per heavy atom. The topological polar surface area (TPSA) is 72.2 Å². The first kappa shape index (κ1) is 14.5. The zero-order valence-electron chi connectivity index (χ0n) is 11.7. The van der Waals surface area contributed by atoms with E-state index in [1.165, 1.54) is 6.08 Å². The zero-order valence-corrected chi connectivity index (χ0v) is 11.7. The minimum absolute atomic E-state index is 0.231. The highest BCUT2D eigenvalue weighted by molar-refractivity contribution is 6.02. The highest BCUT2D eigenvalue weighted by Crippen LogP contribution is 2.11. The van der Waals surface area contributed by atoms with Crippen LogP contribution in [0.2, 0.25) is 0 Å². The molecule has 4 heteroatoms. The number of nitrogens with two attached hydrogens (primary N) is 1.